The number of rotatable bonds is 2. The highest BCUT2D eigenvalue weighted by atomic mass is 35.5. The van der Waals surface area contributed by atoms with Crippen molar-refractivity contribution in [3.63, 3.8) is 0 Å². The Balaban J connectivity index is 0.00000264. The molecule has 0 unspecified atom stereocenters. The summed E-state index contributed by atoms with van der Waals surface area (Å²) in [5, 5.41) is 14.6. The molecule has 7 heteroatoms. The molecular formula is C16H24ClN3O3. The van der Waals surface area contributed by atoms with E-state index in [0.717, 1.165) is 13.1 Å². The van der Waals surface area contributed by atoms with Crippen molar-refractivity contribution in [2.75, 3.05) is 19.6 Å². The molecule has 1 heterocycles. The Kier molecular flexibility index (Phi) is 6.13. The van der Waals surface area contributed by atoms with Crippen molar-refractivity contribution >= 4 is 24.0 Å². The number of nitro groups is 1. The molecule has 1 aromatic rings. The maximum atomic E-state index is 12.6. The zero-order valence-corrected chi connectivity index (χ0v) is 14.8. The van der Waals surface area contributed by atoms with Gasteiger partial charge >= 0.3 is 0 Å². The van der Waals surface area contributed by atoms with Crippen molar-refractivity contribution in [1.82, 2.24) is 10.2 Å². The quantitative estimate of drug-likeness (QED) is 0.663. The number of nitro benzene ring substituents is 1. The van der Waals surface area contributed by atoms with Crippen LogP contribution in [0.3, 0.4) is 0 Å². The zero-order chi connectivity index (χ0) is 16.5. The summed E-state index contributed by atoms with van der Waals surface area (Å²) in [5.74, 6) is -0.141. The summed E-state index contributed by atoms with van der Waals surface area (Å²) < 4.78 is 0. The molecule has 0 saturated carbocycles. The standard InChI is InChI=1S/C16H23N3O3.ClH/c1-11-10-17-7-8-18(11)15(20)12-5-6-13(16(2,3)4)14(9-12)19(21)22;/h5-6,9,11,17H,7-8,10H2,1-4H3;1H/t11-;/m1./s1. The third-order valence-electron chi connectivity index (χ3n) is 4.01. The largest absolute Gasteiger partial charge is 0.333 e. The molecule has 0 radical (unpaired) electrons. The first-order chi connectivity index (χ1) is 10.2. The van der Waals surface area contributed by atoms with Crippen molar-refractivity contribution in [3.8, 4) is 0 Å². The average Bonchev–Trinajstić information content (AvgIpc) is 2.45. The lowest BCUT2D eigenvalue weighted by molar-refractivity contribution is -0.386. The van der Waals surface area contributed by atoms with Gasteiger partial charge in [-0.25, -0.2) is 0 Å². The second-order valence-corrected chi connectivity index (χ2v) is 6.79. The Morgan fingerprint density at radius 2 is 2.04 bits per heavy atom. The lowest BCUT2D eigenvalue weighted by Crippen LogP contribution is -2.52. The Bertz CT molecular complexity index is 599. The molecule has 1 aliphatic heterocycles. The Hall–Kier alpha value is -1.66. The fraction of sp³-hybridized carbons (Fsp3) is 0.562. The summed E-state index contributed by atoms with van der Waals surface area (Å²) in [5.41, 5.74) is 0.698. The molecule has 0 bridgehead atoms. The molecular weight excluding hydrogens is 318 g/mol. The van der Waals surface area contributed by atoms with Crippen LogP contribution in [0.4, 0.5) is 5.69 Å². The van der Waals surface area contributed by atoms with Gasteiger partial charge in [-0.05, 0) is 18.4 Å². The van der Waals surface area contributed by atoms with E-state index < -0.39 is 4.92 Å². The van der Waals surface area contributed by atoms with Gasteiger partial charge in [0.2, 0.25) is 0 Å². The van der Waals surface area contributed by atoms with Crippen LogP contribution < -0.4 is 5.32 Å². The van der Waals surface area contributed by atoms with E-state index in [1.165, 1.54) is 6.07 Å². The average molecular weight is 342 g/mol. The molecule has 0 aliphatic carbocycles. The summed E-state index contributed by atoms with van der Waals surface area (Å²) in [6.45, 7) is 9.86. The van der Waals surface area contributed by atoms with Crippen LogP contribution in [0.5, 0.6) is 0 Å². The molecule has 0 spiro atoms. The molecule has 6 nitrogen and oxygen atoms in total. The maximum Gasteiger partial charge on any atom is 0.273 e. The van der Waals surface area contributed by atoms with E-state index in [9.17, 15) is 14.9 Å². The second kappa shape index (κ2) is 7.27. The third-order valence-corrected chi connectivity index (χ3v) is 4.01. The minimum Gasteiger partial charge on any atom is -0.333 e. The molecule has 1 fully saturated rings. The first-order valence-electron chi connectivity index (χ1n) is 7.52. The van der Waals surface area contributed by atoms with Gasteiger partial charge in [-0.1, -0.05) is 26.8 Å². The van der Waals surface area contributed by atoms with Crippen LogP contribution in [0.1, 0.15) is 43.6 Å². The number of hydrogen-bond acceptors (Lipinski definition) is 4. The first kappa shape index (κ1) is 19.4. The van der Waals surface area contributed by atoms with Gasteiger partial charge in [0, 0.05) is 42.9 Å². The van der Waals surface area contributed by atoms with Gasteiger partial charge in [0.05, 0.1) is 4.92 Å². The summed E-state index contributed by atoms with van der Waals surface area (Å²) in [6, 6.07) is 4.91. The summed E-state index contributed by atoms with van der Waals surface area (Å²) >= 11 is 0. The Labute approximate surface area is 142 Å². The van der Waals surface area contributed by atoms with Gasteiger partial charge < -0.3 is 10.2 Å². The third kappa shape index (κ3) is 4.20. The highest BCUT2D eigenvalue weighted by Gasteiger charge is 2.29. The van der Waals surface area contributed by atoms with Gasteiger partial charge in [-0.2, -0.15) is 0 Å². The smallest absolute Gasteiger partial charge is 0.273 e. The van der Waals surface area contributed by atoms with Crippen LogP contribution in [0.25, 0.3) is 0 Å². The van der Waals surface area contributed by atoms with Gasteiger partial charge in [0.25, 0.3) is 11.6 Å². The Morgan fingerprint density at radius 1 is 1.39 bits per heavy atom. The lowest BCUT2D eigenvalue weighted by atomic mass is 9.85. The fourth-order valence-electron chi connectivity index (χ4n) is 2.76. The first-order valence-corrected chi connectivity index (χ1v) is 7.52. The molecule has 1 atom stereocenters. The normalized spacial score (nSPS) is 18.3. The molecule has 1 aromatic carbocycles. The number of carbonyl (C=O) groups excluding carboxylic acids is 1. The van der Waals surface area contributed by atoms with E-state index >= 15 is 0 Å². The van der Waals surface area contributed by atoms with Crippen LogP contribution >= 0.6 is 12.4 Å². The number of piperazine rings is 1. The number of amides is 1. The number of benzene rings is 1. The monoisotopic (exact) mass is 341 g/mol. The van der Waals surface area contributed by atoms with E-state index in [4.69, 9.17) is 0 Å². The number of nitrogens with zero attached hydrogens (tertiary/aromatic N) is 2. The van der Waals surface area contributed by atoms with E-state index in [2.05, 4.69) is 5.32 Å². The van der Waals surface area contributed by atoms with E-state index in [1.807, 2.05) is 27.7 Å². The van der Waals surface area contributed by atoms with E-state index in [-0.39, 0.29) is 35.5 Å². The topological polar surface area (TPSA) is 75.5 Å². The van der Waals surface area contributed by atoms with Gasteiger partial charge in [0.15, 0.2) is 0 Å². The van der Waals surface area contributed by atoms with Crippen LogP contribution in [-0.4, -0.2) is 41.4 Å². The second-order valence-electron chi connectivity index (χ2n) is 6.79. The molecule has 128 valence electrons. The van der Waals surface area contributed by atoms with Crippen molar-refractivity contribution in [1.29, 1.82) is 0 Å². The molecule has 1 saturated heterocycles. The van der Waals surface area contributed by atoms with Crippen molar-refractivity contribution in [2.24, 2.45) is 0 Å². The summed E-state index contributed by atoms with van der Waals surface area (Å²) in [4.78, 5) is 25.3. The zero-order valence-electron chi connectivity index (χ0n) is 14.0. The predicted octanol–water partition coefficient (Wildman–Crippen LogP) is 2.75. The molecule has 1 amide bonds. The molecule has 0 aromatic heterocycles. The minimum atomic E-state index is -0.404. The number of carbonyl (C=O) groups is 1. The maximum absolute atomic E-state index is 12.6. The highest BCUT2D eigenvalue weighted by molar-refractivity contribution is 5.95. The molecule has 1 aliphatic rings. The van der Waals surface area contributed by atoms with Gasteiger partial charge in [0.1, 0.15) is 0 Å². The summed E-state index contributed by atoms with van der Waals surface area (Å²) in [6.07, 6.45) is 0. The van der Waals surface area contributed by atoms with Crippen molar-refractivity contribution in [2.45, 2.75) is 39.2 Å². The van der Waals surface area contributed by atoms with Crippen LogP contribution in [0.15, 0.2) is 18.2 Å². The number of hydrogen-bond donors (Lipinski definition) is 1. The SMILES string of the molecule is C[C@@H]1CNCCN1C(=O)c1ccc(C(C)(C)C)c([N+](=O)[O-])c1.Cl. The lowest BCUT2D eigenvalue weighted by Gasteiger charge is -2.34. The molecule has 2 rings (SSSR count). The highest BCUT2D eigenvalue weighted by Crippen LogP contribution is 2.32. The number of nitrogens with one attached hydrogen (secondary N) is 1. The van der Waals surface area contributed by atoms with Crippen LogP contribution in [0, 0.1) is 10.1 Å². The minimum absolute atomic E-state index is 0. The number of halogens is 1. The molecule has 23 heavy (non-hydrogen) atoms. The Morgan fingerprint density at radius 3 is 2.57 bits per heavy atom. The van der Waals surface area contributed by atoms with Crippen LogP contribution in [0.2, 0.25) is 0 Å². The van der Waals surface area contributed by atoms with Crippen molar-refractivity contribution < 1.29 is 9.72 Å². The summed E-state index contributed by atoms with van der Waals surface area (Å²) in [7, 11) is 0. The van der Waals surface area contributed by atoms with Crippen molar-refractivity contribution in [3.05, 3.63) is 39.4 Å². The van der Waals surface area contributed by atoms with Crippen LogP contribution in [-0.2, 0) is 5.41 Å². The predicted molar refractivity (Wildman–Crippen MR) is 92.4 cm³/mol. The van der Waals surface area contributed by atoms with E-state index in [0.29, 0.717) is 17.7 Å². The van der Waals surface area contributed by atoms with Gasteiger partial charge in [-0.3, -0.25) is 14.9 Å². The van der Waals surface area contributed by atoms with E-state index in [1.54, 1.807) is 17.0 Å². The fourth-order valence-corrected chi connectivity index (χ4v) is 2.76. The van der Waals surface area contributed by atoms with Gasteiger partial charge in [-0.15, -0.1) is 12.4 Å². The molecule has 1 N–H and O–H groups in total.